The zero-order valence-electron chi connectivity index (χ0n) is 9.94. The standard InChI is InChI=1S/C10H16N4O2S/c1-9-8-13(17(2,15)16)5-6-14(9)10-7-11-3-4-12-10/h3-4,7,9H,5-6,8H2,1-2H3. The lowest BCUT2D eigenvalue weighted by Crippen LogP contribution is -2.53. The molecule has 1 unspecified atom stereocenters. The Morgan fingerprint density at radius 2 is 2.12 bits per heavy atom. The van der Waals surface area contributed by atoms with Crippen LogP contribution in [-0.2, 0) is 10.0 Å². The van der Waals surface area contributed by atoms with E-state index in [1.54, 1.807) is 18.6 Å². The molecule has 1 aliphatic heterocycles. The van der Waals surface area contributed by atoms with Gasteiger partial charge in [0, 0.05) is 38.1 Å². The lowest BCUT2D eigenvalue weighted by molar-refractivity contribution is 0.343. The molecule has 0 bridgehead atoms. The van der Waals surface area contributed by atoms with E-state index in [2.05, 4.69) is 14.9 Å². The van der Waals surface area contributed by atoms with Crippen molar-refractivity contribution in [3.8, 4) is 0 Å². The normalized spacial score (nSPS) is 22.7. The SMILES string of the molecule is CC1CN(S(C)(=O)=O)CCN1c1cnccn1. The van der Waals surface area contributed by atoms with Gasteiger partial charge in [0.2, 0.25) is 10.0 Å². The Morgan fingerprint density at radius 3 is 2.65 bits per heavy atom. The molecule has 1 aliphatic rings. The predicted molar refractivity (Wildman–Crippen MR) is 65.3 cm³/mol. The van der Waals surface area contributed by atoms with Gasteiger partial charge in [0.15, 0.2) is 0 Å². The summed E-state index contributed by atoms with van der Waals surface area (Å²) in [5.41, 5.74) is 0. The van der Waals surface area contributed by atoms with Gasteiger partial charge in [-0.05, 0) is 6.92 Å². The number of hydrogen-bond donors (Lipinski definition) is 0. The van der Waals surface area contributed by atoms with Crippen LogP contribution in [0.3, 0.4) is 0 Å². The fourth-order valence-corrected chi connectivity index (χ4v) is 2.91. The third-order valence-corrected chi connectivity index (χ3v) is 4.17. The van der Waals surface area contributed by atoms with Crippen LogP contribution in [0.1, 0.15) is 6.92 Å². The molecule has 2 heterocycles. The Balaban J connectivity index is 2.12. The van der Waals surface area contributed by atoms with Crippen molar-refractivity contribution < 1.29 is 8.42 Å². The highest BCUT2D eigenvalue weighted by Gasteiger charge is 2.29. The molecule has 7 heteroatoms. The van der Waals surface area contributed by atoms with Gasteiger partial charge in [-0.15, -0.1) is 0 Å². The predicted octanol–water partition coefficient (Wildman–Crippen LogP) is -0.0533. The minimum absolute atomic E-state index is 0.107. The molecule has 0 spiro atoms. The Bertz CT molecular complexity index is 476. The van der Waals surface area contributed by atoms with E-state index in [4.69, 9.17) is 0 Å². The second kappa shape index (κ2) is 4.58. The summed E-state index contributed by atoms with van der Waals surface area (Å²) in [6, 6.07) is 0.107. The Labute approximate surface area is 101 Å². The second-order valence-corrected chi connectivity index (χ2v) is 6.21. The highest BCUT2D eigenvalue weighted by molar-refractivity contribution is 7.88. The molecule has 1 aromatic heterocycles. The van der Waals surface area contributed by atoms with E-state index in [-0.39, 0.29) is 6.04 Å². The molecule has 0 aliphatic carbocycles. The van der Waals surface area contributed by atoms with Crippen LogP contribution < -0.4 is 4.90 Å². The van der Waals surface area contributed by atoms with Crippen molar-refractivity contribution in [2.24, 2.45) is 0 Å². The van der Waals surface area contributed by atoms with Crippen LogP contribution in [0.5, 0.6) is 0 Å². The van der Waals surface area contributed by atoms with E-state index < -0.39 is 10.0 Å². The van der Waals surface area contributed by atoms with Crippen molar-refractivity contribution in [1.29, 1.82) is 0 Å². The number of aromatic nitrogens is 2. The van der Waals surface area contributed by atoms with E-state index in [1.807, 2.05) is 6.92 Å². The Hall–Kier alpha value is -1.21. The van der Waals surface area contributed by atoms with Gasteiger partial charge in [-0.2, -0.15) is 4.31 Å². The molecule has 0 radical (unpaired) electrons. The van der Waals surface area contributed by atoms with Crippen molar-refractivity contribution in [2.75, 3.05) is 30.8 Å². The van der Waals surface area contributed by atoms with Crippen molar-refractivity contribution >= 4 is 15.8 Å². The van der Waals surface area contributed by atoms with Gasteiger partial charge in [-0.3, -0.25) is 4.98 Å². The molecule has 1 aromatic rings. The molecule has 1 saturated heterocycles. The first-order chi connectivity index (χ1) is 7.98. The number of nitrogens with zero attached hydrogens (tertiary/aromatic N) is 4. The van der Waals surface area contributed by atoms with E-state index in [1.165, 1.54) is 10.6 Å². The van der Waals surface area contributed by atoms with Crippen LogP contribution in [0.2, 0.25) is 0 Å². The minimum Gasteiger partial charge on any atom is -0.350 e. The molecule has 17 heavy (non-hydrogen) atoms. The molecule has 0 amide bonds. The Kier molecular flexibility index (Phi) is 3.30. The highest BCUT2D eigenvalue weighted by Crippen LogP contribution is 2.18. The number of hydrogen-bond acceptors (Lipinski definition) is 5. The third-order valence-electron chi connectivity index (χ3n) is 2.90. The van der Waals surface area contributed by atoms with E-state index in [0.29, 0.717) is 19.6 Å². The monoisotopic (exact) mass is 256 g/mol. The largest absolute Gasteiger partial charge is 0.350 e. The quantitative estimate of drug-likeness (QED) is 0.742. The summed E-state index contributed by atoms with van der Waals surface area (Å²) in [5.74, 6) is 0.799. The van der Waals surface area contributed by atoms with E-state index in [9.17, 15) is 8.42 Å². The first kappa shape index (κ1) is 12.3. The van der Waals surface area contributed by atoms with Crippen LogP contribution in [0.15, 0.2) is 18.6 Å². The molecule has 1 fully saturated rings. The number of piperazine rings is 1. The van der Waals surface area contributed by atoms with Crippen LogP contribution in [-0.4, -0.2) is 54.6 Å². The van der Waals surface area contributed by atoms with Crippen LogP contribution >= 0.6 is 0 Å². The molecule has 6 nitrogen and oxygen atoms in total. The first-order valence-electron chi connectivity index (χ1n) is 5.46. The van der Waals surface area contributed by atoms with Crippen molar-refractivity contribution in [3.05, 3.63) is 18.6 Å². The molecule has 0 N–H and O–H groups in total. The van der Waals surface area contributed by atoms with Crippen LogP contribution in [0.25, 0.3) is 0 Å². The van der Waals surface area contributed by atoms with Gasteiger partial charge in [-0.25, -0.2) is 13.4 Å². The topological polar surface area (TPSA) is 66.4 Å². The van der Waals surface area contributed by atoms with Crippen molar-refractivity contribution in [3.63, 3.8) is 0 Å². The minimum atomic E-state index is -3.09. The maximum atomic E-state index is 11.5. The van der Waals surface area contributed by atoms with Crippen molar-refractivity contribution in [2.45, 2.75) is 13.0 Å². The molecule has 1 atom stereocenters. The molecule has 2 rings (SSSR count). The second-order valence-electron chi connectivity index (χ2n) is 4.23. The van der Waals surface area contributed by atoms with Gasteiger partial charge in [0.05, 0.1) is 12.5 Å². The number of rotatable bonds is 2. The zero-order valence-corrected chi connectivity index (χ0v) is 10.8. The van der Waals surface area contributed by atoms with E-state index in [0.717, 1.165) is 5.82 Å². The molecular weight excluding hydrogens is 240 g/mol. The van der Waals surface area contributed by atoms with Crippen molar-refractivity contribution in [1.82, 2.24) is 14.3 Å². The Morgan fingerprint density at radius 1 is 1.35 bits per heavy atom. The summed E-state index contributed by atoms with van der Waals surface area (Å²) in [5, 5.41) is 0. The number of anilines is 1. The van der Waals surface area contributed by atoms with Gasteiger partial charge in [0.1, 0.15) is 5.82 Å². The fraction of sp³-hybridized carbons (Fsp3) is 0.600. The summed E-state index contributed by atoms with van der Waals surface area (Å²) in [6.07, 6.45) is 6.22. The summed E-state index contributed by atoms with van der Waals surface area (Å²) >= 11 is 0. The lowest BCUT2D eigenvalue weighted by atomic mass is 10.2. The molecule has 0 aromatic carbocycles. The summed E-state index contributed by atoms with van der Waals surface area (Å²) in [4.78, 5) is 10.3. The maximum absolute atomic E-state index is 11.5. The maximum Gasteiger partial charge on any atom is 0.211 e. The average Bonchev–Trinajstić information content (AvgIpc) is 2.29. The lowest BCUT2D eigenvalue weighted by Gasteiger charge is -2.39. The smallest absolute Gasteiger partial charge is 0.211 e. The summed E-state index contributed by atoms with van der Waals surface area (Å²) < 4.78 is 24.4. The van der Waals surface area contributed by atoms with E-state index >= 15 is 0 Å². The highest BCUT2D eigenvalue weighted by atomic mass is 32.2. The third kappa shape index (κ3) is 2.73. The summed E-state index contributed by atoms with van der Waals surface area (Å²) in [7, 11) is -3.09. The van der Waals surface area contributed by atoms with Gasteiger partial charge >= 0.3 is 0 Å². The average molecular weight is 256 g/mol. The van der Waals surface area contributed by atoms with Gasteiger partial charge in [0.25, 0.3) is 0 Å². The van der Waals surface area contributed by atoms with Crippen LogP contribution in [0.4, 0.5) is 5.82 Å². The zero-order chi connectivity index (χ0) is 12.5. The van der Waals surface area contributed by atoms with Gasteiger partial charge < -0.3 is 4.90 Å². The number of sulfonamides is 1. The molecule has 94 valence electrons. The molecular formula is C10H16N4O2S. The van der Waals surface area contributed by atoms with Gasteiger partial charge in [-0.1, -0.05) is 0 Å². The fourth-order valence-electron chi connectivity index (χ4n) is 2.01. The summed E-state index contributed by atoms with van der Waals surface area (Å²) in [6.45, 7) is 3.63. The first-order valence-corrected chi connectivity index (χ1v) is 7.31. The molecule has 0 saturated carbocycles. The van der Waals surface area contributed by atoms with Crippen LogP contribution in [0, 0.1) is 0 Å².